The first kappa shape index (κ1) is 9.66. The molecule has 12 heavy (non-hydrogen) atoms. The highest BCUT2D eigenvalue weighted by Gasteiger charge is 2.12. The lowest BCUT2D eigenvalue weighted by Crippen LogP contribution is -2.04. The van der Waals surface area contributed by atoms with Gasteiger partial charge in [-0.2, -0.15) is 0 Å². The fourth-order valence-corrected chi connectivity index (χ4v) is 2.71. The van der Waals surface area contributed by atoms with Crippen molar-refractivity contribution >= 4 is 10.9 Å². The van der Waals surface area contributed by atoms with E-state index in [1.54, 1.807) is 0 Å². The summed E-state index contributed by atoms with van der Waals surface area (Å²) in [4.78, 5) is 1.51. The van der Waals surface area contributed by atoms with E-state index in [-0.39, 0.29) is 0 Å². The average Bonchev–Trinajstić information content (AvgIpc) is 2.15. The van der Waals surface area contributed by atoms with Crippen molar-refractivity contribution in [2.75, 3.05) is 12.0 Å². The minimum absolute atomic E-state index is 0.467. The smallest absolute Gasteiger partial charge is 0.0652 e. The molecule has 1 aromatic carbocycles. The van der Waals surface area contributed by atoms with Gasteiger partial charge in [0.15, 0.2) is 4.90 Å². The molecule has 0 fully saturated rings. The topological polar surface area (TPSA) is 0 Å². The van der Waals surface area contributed by atoms with Gasteiger partial charge >= 0.3 is 0 Å². The molecule has 0 aromatic heterocycles. The summed E-state index contributed by atoms with van der Waals surface area (Å²) >= 11 is 0. The second-order valence-electron chi connectivity index (χ2n) is 3.01. The maximum absolute atomic E-state index is 2.34. The minimum atomic E-state index is 0.467. The Labute approximate surface area is 78.3 Å². The Morgan fingerprint density at radius 3 is 2.42 bits per heavy atom. The summed E-state index contributed by atoms with van der Waals surface area (Å²) in [5, 5.41) is 0. The van der Waals surface area contributed by atoms with E-state index in [0.717, 1.165) is 0 Å². The third kappa shape index (κ3) is 2.90. The molecule has 1 heteroatoms. The van der Waals surface area contributed by atoms with Gasteiger partial charge < -0.3 is 0 Å². The van der Waals surface area contributed by atoms with E-state index in [1.165, 1.54) is 23.5 Å². The lowest BCUT2D eigenvalue weighted by atomic mass is 10.4. The van der Waals surface area contributed by atoms with Crippen molar-refractivity contribution < 1.29 is 0 Å². The minimum Gasteiger partial charge on any atom is -0.0652 e. The predicted molar refractivity (Wildman–Crippen MR) is 57.8 cm³/mol. The van der Waals surface area contributed by atoms with Gasteiger partial charge in [0.2, 0.25) is 0 Å². The molecule has 1 atom stereocenters. The SMILES string of the molecule is CCCC[S+](C)c1ccccc1. The maximum atomic E-state index is 2.34. The second-order valence-corrected chi connectivity index (χ2v) is 5.16. The third-order valence-corrected chi connectivity index (χ3v) is 3.93. The number of benzene rings is 1. The molecule has 1 unspecified atom stereocenters. The van der Waals surface area contributed by atoms with Gasteiger partial charge in [0.25, 0.3) is 0 Å². The molecule has 1 rings (SSSR count). The number of hydrogen-bond donors (Lipinski definition) is 0. The van der Waals surface area contributed by atoms with Crippen LogP contribution in [-0.4, -0.2) is 12.0 Å². The first-order valence-corrected chi connectivity index (χ1v) is 6.32. The summed E-state index contributed by atoms with van der Waals surface area (Å²) in [6.45, 7) is 2.25. The second kappa shape index (κ2) is 5.26. The van der Waals surface area contributed by atoms with Crippen LogP contribution in [0.5, 0.6) is 0 Å². The van der Waals surface area contributed by atoms with Crippen molar-refractivity contribution in [2.24, 2.45) is 0 Å². The zero-order valence-electron chi connectivity index (χ0n) is 7.92. The lowest BCUT2D eigenvalue weighted by Gasteiger charge is -2.00. The molecule has 0 saturated carbocycles. The highest BCUT2D eigenvalue weighted by Crippen LogP contribution is 2.11. The van der Waals surface area contributed by atoms with Gasteiger partial charge in [0.05, 0.1) is 0 Å². The van der Waals surface area contributed by atoms with E-state index in [2.05, 4.69) is 43.5 Å². The lowest BCUT2D eigenvalue weighted by molar-refractivity contribution is 0.893. The first-order valence-electron chi connectivity index (χ1n) is 4.52. The Morgan fingerprint density at radius 1 is 1.17 bits per heavy atom. The van der Waals surface area contributed by atoms with Crippen LogP contribution in [0.2, 0.25) is 0 Å². The van der Waals surface area contributed by atoms with Crippen LogP contribution in [0.4, 0.5) is 0 Å². The molecular formula is C11H17S+. The highest BCUT2D eigenvalue weighted by atomic mass is 32.2. The molecule has 0 heterocycles. The first-order chi connectivity index (χ1) is 5.84. The molecule has 0 aliphatic carbocycles. The summed E-state index contributed by atoms with van der Waals surface area (Å²) in [6.07, 6.45) is 5.00. The van der Waals surface area contributed by atoms with Crippen LogP contribution < -0.4 is 0 Å². The van der Waals surface area contributed by atoms with Gasteiger partial charge in [0.1, 0.15) is 12.0 Å². The van der Waals surface area contributed by atoms with E-state index < -0.39 is 0 Å². The summed E-state index contributed by atoms with van der Waals surface area (Å²) in [7, 11) is 0.467. The van der Waals surface area contributed by atoms with Crippen LogP contribution in [0, 0.1) is 0 Å². The largest absolute Gasteiger partial charge is 0.154 e. The zero-order valence-corrected chi connectivity index (χ0v) is 8.73. The molecule has 0 amide bonds. The Morgan fingerprint density at radius 2 is 1.83 bits per heavy atom. The zero-order chi connectivity index (χ0) is 8.81. The van der Waals surface area contributed by atoms with E-state index in [0.29, 0.717) is 10.9 Å². The third-order valence-electron chi connectivity index (χ3n) is 1.95. The van der Waals surface area contributed by atoms with Crippen LogP contribution in [0.15, 0.2) is 35.2 Å². The Bertz CT molecular complexity index is 206. The normalized spacial score (nSPS) is 12.8. The van der Waals surface area contributed by atoms with Crippen LogP contribution >= 0.6 is 0 Å². The van der Waals surface area contributed by atoms with E-state index in [1.807, 2.05) is 0 Å². The summed E-state index contributed by atoms with van der Waals surface area (Å²) in [6, 6.07) is 10.8. The van der Waals surface area contributed by atoms with Crippen molar-refractivity contribution in [1.29, 1.82) is 0 Å². The molecule has 0 radical (unpaired) electrons. The Kier molecular flexibility index (Phi) is 4.23. The number of unbranched alkanes of at least 4 members (excludes halogenated alkanes) is 1. The van der Waals surface area contributed by atoms with Crippen LogP contribution in [-0.2, 0) is 10.9 Å². The van der Waals surface area contributed by atoms with Crippen molar-refractivity contribution in [3.8, 4) is 0 Å². The van der Waals surface area contributed by atoms with Crippen LogP contribution in [0.3, 0.4) is 0 Å². The molecule has 1 aromatic rings. The van der Waals surface area contributed by atoms with Crippen molar-refractivity contribution in [3.05, 3.63) is 30.3 Å². The van der Waals surface area contributed by atoms with E-state index in [4.69, 9.17) is 0 Å². The highest BCUT2D eigenvalue weighted by molar-refractivity contribution is 7.96. The quantitative estimate of drug-likeness (QED) is 0.626. The van der Waals surface area contributed by atoms with Crippen LogP contribution in [0.25, 0.3) is 0 Å². The van der Waals surface area contributed by atoms with Crippen molar-refractivity contribution in [1.82, 2.24) is 0 Å². The Hall–Kier alpha value is -0.430. The van der Waals surface area contributed by atoms with Crippen LogP contribution in [0.1, 0.15) is 19.8 Å². The summed E-state index contributed by atoms with van der Waals surface area (Å²) < 4.78 is 0. The molecule has 0 saturated heterocycles. The van der Waals surface area contributed by atoms with Crippen molar-refractivity contribution in [2.45, 2.75) is 24.7 Å². The molecule has 0 N–H and O–H groups in total. The molecule has 0 aliphatic rings. The van der Waals surface area contributed by atoms with Crippen molar-refractivity contribution in [3.63, 3.8) is 0 Å². The fourth-order valence-electron chi connectivity index (χ4n) is 1.13. The molecule has 0 aliphatic heterocycles. The molecule has 0 spiro atoms. The van der Waals surface area contributed by atoms with Gasteiger partial charge in [0, 0.05) is 10.9 Å². The van der Waals surface area contributed by atoms with Gasteiger partial charge in [-0.05, 0) is 18.6 Å². The van der Waals surface area contributed by atoms with Gasteiger partial charge in [-0.1, -0.05) is 31.5 Å². The predicted octanol–water partition coefficient (Wildman–Crippen LogP) is 3.09. The average molecular weight is 181 g/mol. The summed E-state index contributed by atoms with van der Waals surface area (Å²) in [5.41, 5.74) is 0. The molecule has 66 valence electrons. The number of hydrogen-bond acceptors (Lipinski definition) is 0. The van der Waals surface area contributed by atoms with E-state index >= 15 is 0 Å². The monoisotopic (exact) mass is 181 g/mol. The maximum Gasteiger partial charge on any atom is 0.154 e. The molecule has 0 bridgehead atoms. The summed E-state index contributed by atoms with van der Waals surface area (Å²) in [5.74, 6) is 1.35. The standard InChI is InChI=1S/C11H17S/c1-3-4-10-12(2)11-8-6-5-7-9-11/h5-9H,3-4,10H2,1-2H3/q+1. The molecule has 0 nitrogen and oxygen atoms in total. The number of rotatable bonds is 4. The van der Waals surface area contributed by atoms with Gasteiger partial charge in [-0.25, -0.2) is 0 Å². The molecular weight excluding hydrogens is 164 g/mol. The Balaban J connectivity index is 2.48. The van der Waals surface area contributed by atoms with E-state index in [9.17, 15) is 0 Å². The fraction of sp³-hybridized carbons (Fsp3) is 0.455. The van der Waals surface area contributed by atoms with Gasteiger partial charge in [-0.3, -0.25) is 0 Å². The van der Waals surface area contributed by atoms with Gasteiger partial charge in [-0.15, -0.1) is 0 Å².